The lowest BCUT2D eigenvalue weighted by molar-refractivity contribution is 0.0951. The standard InChI is InChI=1S/C26H35N5O4S/c1-6-36(34)30-12-9-19(10-13-30)17(3)24-18(4)23(21-8-7-11-28-31(21)24)26(33)27-15-20-22(35-5)14-16(2)29-25(20)32/h7-8,11,14,17,19H,6,9-10,12-13,15H2,1-5H3,(H,27,33)(H,29,32)/t17-,36-/m0/s1. The molecule has 0 aliphatic carbocycles. The second kappa shape index (κ2) is 11.1. The maximum atomic E-state index is 13.4. The first-order valence-corrected chi connectivity index (χ1v) is 13.7. The molecule has 2 atom stereocenters. The van der Waals surface area contributed by atoms with Crippen LogP contribution in [0.1, 0.15) is 65.5 Å². The van der Waals surface area contributed by atoms with Gasteiger partial charge < -0.3 is 19.6 Å². The van der Waals surface area contributed by atoms with Crippen LogP contribution in [0.2, 0.25) is 0 Å². The van der Waals surface area contributed by atoms with Crippen molar-refractivity contribution in [2.45, 2.75) is 53.0 Å². The van der Waals surface area contributed by atoms with Crippen LogP contribution >= 0.6 is 0 Å². The molecule has 0 spiro atoms. The number of nitrogens with zero attached hydrogens (tertiary/aromatic N) is 3. The van der Waals surface area contributed by atoms with E-state index in [0.717, 1.165) is 42.7 Å². The van der Waals surface area contributed by atoms with Gasteiger partial charge in [-0.25, -0.2) is 4.52 Å². The molecule has 4 rings (SSSR count). The van der Waals surface area contributed by atoms with Gasteiger partial charge in [0.25, 0.3) is 11.5 Å². The van der Waals surface area contributed by atoms with Gasteiger partial charge in [0.15, 0.2) is 0 Å². The van der Waals surface area contributed by atoms with Crippen molar-refractivity contribution in [2.75, 3.05) is 26.0 Å². The maximum Gasteiger partial charge on any atom is 0.256 e. The first kappa shape index (κ1) is 26.2. The van der Waals surface area contributed by atoms with Crippen LogP contribution in [0.5, 0.6) is 5.75 Å². The van der Waals surface area contributed by atoms with E-state index >= 15 is 0 Å². The van der Waals surface area contributed by atoms with E-state index in [9.17, 15) is 14.1 Å². The normalized spacial score (nSPS) is 16.7. The summed E-state index contributed by atoms with van der Waals surface area (Å²) < 4.78 is 21.5. The number of H-pyrrole nitrogens is 1. The number of carbonyl (C=O) groups excluding carboxylic acids is 1. The molecule has 0 radical (unpaired) electrons. The summed E-state index contributed by atoms with van der Waals surface area (Å²) in [5.74, 6) is 1.41. The van der Waals surface area contributed by atoms with Crippen LogP contribution in [0.25, 0.3) is 5.52 Å². The van der Waals surface area contributed by atoms with Gasteiger partial charge in [-0.15, -0.1) is 4.31 Å². The van der Waals surface area contributed by atoms with E-state index in [4.69, 9.17) is 4.74 Å². The van der Waals surface area contributed by atoms with Gasteiger partial charge in [0, 0.05) is 48.0 Å². The largest absolute Gasteiger partial charge is 0.598 e. The highest BCUT2D eigenvalue weighted by molar-refractivity contribution is 7.89. The van der Waals surface area contributed by atoms with Gasteiger partial charge >= 0.3 is 0 Å². The van der Waals surface area contributed by atoms with Crippen LogP contribution < -0.4 is 15.6 Å². The molecule has 9 nitrogen and oxygen atoms in total. The van der Waals surface area contributed by atoms with Gasteiger partial charge in [-0.05, 0) is 63.3 Å². The number of ether oxygens (including phenoxy) is 1. The number of piperidine rings is 1. The van der Waals surface area contributed by atoms with E-state index in [2.05, 4.69) is 26.6 Å². The summed E-state index contributed by atoms with van der Waals surface area (Å²) in [7, 11) is 1.51. The molecule has 10 heteroatoms. The number of rotatable bonds is 8. The highest BCUT2D eigenvalue weighted by Gasteiger charge is 2.33. The number of methoxy groups -OCH3 is 1. The van der Waals surface area contributed by atoms with Crippen LogP contribution in [-0.4, -0.2) is 55.3 Å². The Morgan fingerprint density at radius 3 is 2.75 bits per heavy atom. The van der Waals surface area contributed by atoms with Crippen molar-refractivity contribution in [1.82, 2.24) is 24.2 Å². The Kier molecular flexibility index (Phi) is 8.07. The fourth-order valence-electron chi connectivity index (χ4n) is 5.33. The quantitative estimate of drug-likeness (QED) is 0.448. The fourth-order valence-corrected chi connectivity index (χ4v) is 6.31. The number of hydrogen-bond acceptors (Lipinski definition) is 6. The van der Waals surface area contributed by atoms with E-state index in [1.165, 1.54) is 7.11 Å². The van der Waals surface area contributed by atoms with Crippen LogP contribution in [0, 0.1) is 19.8 Å². The number of carbonyl (C=O) groups is 1. The second-order valence-corrected chi connectivity index (χ2v) is 11.1. The maximum absolute atomic E-state index is 13.4. The summed E-state index contributed by atoms with van der Waals surface area (Å²) in [5, 5.41) is 7.51. The second-order valence-electron chi connectivity index (χ2n) is 9.38. The van der Waals surface area contributed by atoms with Crippen molar-refractivity contribution < 1.29 is 14.1 Å². The lowest BCUT2D eigenvalue weighted by Gasteiger charge is -2.34. The van der Waals surface area contributed by atoms with Gasteiger partial charge in [-0.1, -0.05) is 6.92 Å². The molecule has 1 aliphatic rings. The van der Waals surface area contributed by atoms with Crippen LogP contribution in [0.3, 0.4) is 0 Å². The first-order valence-electron chi connectivity index (χ1n) is 12.4. The van der Waals surface area contributed by atoms with Gasteiger partial charge in [0.1, 0.15) is 11.5 Å². The molecule has 36 heavy (non-hydrogen) atoms. The third kappa shape index (κ3) is 5.02. The van der Waals surface area contributed by atoms with Gasteiger partial charge in [-0.3, -0.25) is 9.59 Å². The summed E-state index contributed by atoms with van der Waals surface area (Å²) in [6.07, 6.45) is 3.63. The van der Waals surface area contributed by atoms with E-state index in [1.54, 1.807) is 19.2 Å². The average Bonchev–Trinajstić information content (AvgIpc) is 3.18. The zero-order valence-electron chi connectivity index (χ0n) is 21.6. The van der Waals surface area contributed by atoms with Crippen molar-refractivity contribution >= 4 is 22.8 Å². The molecule has 194 valence electrons. The highest BCUT2D eigenvalue weighted by atomic mass is 32.2. The molecule has 1 fully saturated rings. The van der Waals surface area contributed by atoms with Crippen molar-refractivity contribution in [2.24, 2.45) is 5.92 Å². The molecular weight excluding hydrogens is 478 g/mol. The summed E-state index contributed by atoms with van der Waals surface area (Å²) in [5.41, 5.74) is 4.01. The Morgan fingerprint density at radius 2 is 2.08 bits per heavy atom. The number of nitrogens with one attached hydrogen (secondary N) is 2. The smallest absolute Gasteiger partial charge is 0.256 e. The summed E-state index contributed by atoms with van der Waals surface area (Å²) in [6, 6.07) is 5.47. The average molecular weight is 514 g/mol. The fraction of sp³-hybridized carbons (Fsp3) is 0.500. The van der Waals surface area contributed by atoms with Crippen molar-refractivity contribution in [3.8, 4) is 5.75 Å². The Bertz CT molecular complexity index is 1300. The molecule has 2 N–H and O–H groups in total. The Hall–Kier alpha value is -2.82. The summed E-state index contributed by atoms with van der Waals surface area (Å²) in [6.45, 7) is 9.56. The Balaban J connectivity index is 1.60. The zero-order chi connectivity index (χ0) is 26.0. The van der Waals surface area contributed by atoms with Crippen molar-refractivity contribution in [1.29, 1.82) is 0 Å². The number of amides is 1. The lowest BCUT2D eigenvalue weighted by atomic mass is 9.83. The minimum Gasteiger partial charge on any atom is -0.598 e. The molecule has 1 saturated heterocycles. The number of aryl methyl sites for hydroxylation is 1. The van der Waals surface area contributed by atoms with Crippen LogP contribution in [0.15, 0.2) is 29.2 Å². The molecule has 0 aromatic carbocycles. The minimum absolute atomic E-state index is 0.0482. The monoisotopic (exact) mass is 513 g/mol. The number of pyridine rings is 1. The molecule has 1 amide bonds. The number of fused-ring (bicyclic) bond motifs is 1. The van der Waals surface area contributed by atoms with E-state index in [-0.39, 0.29) is 23.9 Å². The molecule has 0 unspecified atom stereocenters. The molecule has 1 aliphatic heterocycles. The minimum atomic E-state index is -0.909. The predicted molar refractivity (Wildman–Crippen MR) is 141 cm³/mol. The van der Waals surface area contributed by atoms with Crippen LogP contribution in [0.4, 0.5) is 0 Å². The first-order chi connectivity index (χ1) is 17.3. The number of aromatic amines is 1. The van der Waals surface area contributed by atoms with Gasteiger partial charge in [-0.2, -0.15) is 5.10 Å². The topological polar surface area (TPSA) is 115 Å². The molecule has 3 aromatic heterocycles. The van der Waals surface area contributed by atoms with E-state index in [1.807, 2.05) is 30.5 Å². The number of aromatic nitrogens is 3. The third-order valence-corrected chi connectivity index (χ3v) is 8.70. The Labute approximate surface area is 214 Å². The van der Waals surface area contributed by atoms with Gasteiger partial charge in [0.05, 0.1) is 30.3 Å². The SMILES string of the molecule is CC[S@+]([O-])N1CCC([C@H](C)c2c(C)c(C(=O)NCc3c(OC)cc(C)[nH]c3=O)c3cccnn23)CC1. The third-order valence-electron chi connectivity index (χ3n) is 7.27. The molecule has 0 saturated carbocycles. The molecule has 0 bridgehead atoms. The summed E-state index contributed by atoms with van der Waals surface area (Å²) in [4.78, 5) is 28.7. The summed E-state index contributed by atoms with van der Waals surface area (Å²) >= 11 is -0.909. The predicted octanol–water partition coefficient (Wildman–Crippen LogP) is 3.08. The molecular formula is C26H35N5O4S. The molecule has 3 aromatic rings. The molecule has 4 heterocycles. The van der Waals surface area contributed by atoms with Crippen LogP contribution in [-0.2, 0) is 17.9 Å². The Morgan fingerprint density at radius 1 is 1.36 bits per heavy atom. The van der Waals surface area contributed by atoms with Gasteiger partial charge in [0.2, 0.25) is 0 Å². The highest BCUT2D eigenvalue weighted by Crippen LogP contribution is 2.37. The van der Waals surface area contributed by atoms with Crippen molar-refractivity contribution in [3.63, 3.8) is 0 Å². The number of hydrogen-bond donors (Lipinski definition) is 2. The van der Waals surface area contributed by atoms with E-state index < -0.39 is 11.4 Å². The zero-order valence-corrected chi connectivity index (χ0v) is 22.4. The van der Waals surface area contributed by atoms with E-state index in [0.29, 0.717) is 34.2 Å². The van der Waals surface area contributed by atoms with Crippen molar-refractivity contribution in [3.05, 3.63) is 62.8 Å². The lowest BCUT2D eigenvalue weighted by Crippen LogP contribution is -2.40.